The van der Waals surface area contributed by atoms with Gasteiger partial charge in [0.05, 0.1) is 5.02 Å². The highest BCUT2D eigenvalue weighted by Gasteiger charge is 2.22. The Hall–Kier alpha value is -1.62. The number of aliphatic carboxylic acids is 1. The summed E-state index contributed by atoms with van der Waals surface area (Å²) in [5.74, 6) is -2.40. The minimum Gasteiger partial charge on any atom is -0.479 e. The first kappa shape index (κ1) is 13.4. The molecule has 1 atom stereocenters. The SMILES string of the molecule is CCC(=O)NC(C(=O)O)c1ccc(Cl)c(F)c1. The fourth-order valence-electron chi connectivity index (χ4n) is 1.24. The molecule has 0 aliphatic rings. The molecule has 6 heteroatoms. The van der Waals surface area contributed by atoms with Gasteiger partial charge in [-0.1, -0.05) is 24.6 Å². The van der Waals surface area contributed by atoms with Crippen molar-refractivity contribution in [3.8, 4) is 0 Å². The largest absolute Gasteiger partial charge is 0.479 e. The van der Waals surface area contributed by atoms with Gasteiger partial charge in [-0.15, -0.1) is 0 Å². The molecule has 0 saturated heterocycles. The number of hydrogen-bond acceptors (Lipinski definition) is 2. The van der Waals surface area contributed by atoms with E-state index < -0.39 is 23.7 Å². The van der Waals surface area contributed by atoms with Crippen molar-refractivity contribution < 1.29 is 19.1 Å². The van der Waals surface area contributed by atoms with Crippen molar-refractivity contribution in [2.24, 2.45) is 0 Å². The molecule has 1 rings (SSSR count). The molecule has 0 saturated carbocycles. The van der Waals surface area contributed by atoms with E-state index in [4.69, 9.17) is 16.7 Å². The molecule has 1 amide bonds. The van der Waals surface area contributed by atoms with Gasteiger partial charge >= 0.3 is 5.97 Å². The summed E-state index contributed by atoms with van der Waals surface area (Å²) >= 11 is 5.49. The van der Waals surface area contributed by atoms with Crippen molar-refractivity contribution in [2.45, 2.75) is 19.4 Å². The van der Waals surface area contributed by atoms with Gasteiger partial charge in [0.1, 0.15) is 5.82 Å². The second kappa shape index (κ2) is 5.63. The van der Waals surface area contributed by atoms with Gasteiger partial charge in [0.25, 0.3) is 0 Å². The summed E-state index contributed by atoms with van der Waals surface area (Å²) in [6, 6.07) is 2.34. The molecule has 0 fully saturated rings. The first-order valence-electron chi connectivity index (χ1n) is 4.92. The fraction of sp³-hybridized carbons (Fsp3) is 0.273. The maximum Gasteiger partial charge on any atom is 0.330 e. The van der Waals surface area contributed by atoms with Crippen LogP contribution in [-0.4, -0.2) is 17.0 Å². The molecular formula is C11H11ClFNO3. The molecule has 0 heterocycles. The van der Waals surface area contributed by atoms with Crippen LogP contribution in [0.15, 0.2) is 18.2 Å². The topological polar surface area (TPSA) is 66.4 Å². The van der Waals surface area contributed by atoms with Crippen LogP contribution in [0, 0.1) is 5.82 Å². The number of hydrogen-bond donors (Lipinski definition) is 2. The van der Waals surface area contributed by atoms with Crippen LogP contribution < -0.4 is 5.32 Å². The van der Waals surface area contributed by atoms with E-state index in [1.165, 1.54) is 12.1 Å². The molecule has 1 aromatic carbocycles. The average Bonchev–Trinajstić information content (AvgIpc) is 2.29. The Kier molecular flexibility index (Phi) is 4.45. The maximum atomic E-state index is 13.2. The van der Waals surface area contributed by atoms with Gasteiger partial charge in [-0.2, -0.15) is 0 Å². The standard InChI is InChI=1S/C11H11ClFNO3/c1-2-9(15)14-10(11(16)17)6-3-4-7(12)8(13)5-6/h3-5,10H,2H2,1H3,(H,14,15)(H,16,17). The monoisotopic (exact) mass is 259 g/mol. The summed E-state index contributed by atoms with van der Waals surface area (Å²) in [6.45, 7) is 1.59. The minimum atomic E-state index is -1.27. The molecular weight excluding hydrogens is 249 g/mol. The Morgan fingerprint density at radius 2 is 2.18 bits per heavy atom. The van der Waals surface area contributed by atoms with Gasteiger partial charge in [0.15, 0.2) is 6.04 Å². The van der Waals surface area contributed by atoms with Crippen molar-refractivity contribution in [1.82, 2.24) is 5.32 Å². The molecule has 17 heavy (non-hydrogen) atoms. The highest BCUT2D eigenvalue weighted by atomic mass is 35.5. The van der Waals surface area contributed by atoms with E-state index in [1.807, 2.05) is 0 Å². The number of rotatable bonds is 4. The molecule has 0 aliphatic carbocycles. The van der Waals surface area contributed by atoms with Crippen molar-refractivity contribution in [1.29, 1.82) is 0 Å². The zero-order chi connectivity index (χ0) is 13.0. The Morgan fingerprint density at radius 1 is 1.53 bits per heavy atom. The van der Waals surface area contributed by atoms with Gasteiger partial charge in [-0.25, -0.2) is 9.18 Å². The number of carboxylic acids is 1. The summed E-state index contributed by atoms with van der Waals surface area (Å²) in [4.78, 5) is 22.1. The highest BCUT2D eigenvalue weighted by Crippen LogP contribution is 2.20. The number of carbonyl (C=O) groups is 2. The lowest BCUT2D eigenvalue weighted by Crippen LogP contribution is -2.33. The molecule has 0 radical (unpaired) electrons. The molecule has 0 aromatic heterocycles. The Balaban J connectivity index is 3.01. The first-order valence-corrected chi connectivity index (χ1v) is 5.30. The Labute approximate surface area is 102 Å². The summed E-state index contributed by atoms with van der Waals surface area (Å²) in [6.07, 6.45) is 0.153. The lowest BCUT2D eigenvalue weighted by atomic mass is 10.1. The second-order valence-corrected chi connectivity index (χ2v) is 3.77. The van der Waals surface area contributed by atoms with Gasteiger partial charge in [0.2, 0.25) is 5.91 Å². The summed E-state index contributed by atoms with van der Waals surface area (Å²) in [5, 5.41) is 11.1. The van der Waals surface area contributed by atoms with Gasteiger partial charge in [-0.05, 0) is 17.7 Å². The molecule has 0 spiro atoms. The van der Waals surface area contributed by atoms with E-state index in [0.29, 0.717) is 0 Å². The van der Waals surface area contributed by atoms with Crippen molar-refractivity contribution in [2.75, 3.05) is 0 Å². The lowest BCUT2D eigenvalue weighted by Gasteiger charge is -2.14. The third kappa shape index (κ3) is 3.42. The van der Waals surface area contributed by atoms with E-state index in [2.05, 4.69) is 5.32 Å². The number of halogens is 2. The highest BCUT2D eigenvalue weighted by molar-refractivity contribution is 6.30. The van der Waals surface area contributed by atoms with Crippen LogP contribution >= 0.6 is 11.6 Å². The Bertz CT molecular complexity index is 450. The van der Waals surface area contributed by atoms with Crippen LogP contribution in [0.1, 0.15) is 24.9 Å². The van der Waals surface area contributed by atoms with Crippen molar-refractivity contribution in [3.05, 3.63) is 34.6 Å². The van der Waals surface area contributed by atoms with E-state index in [-0.39, 0.29) is 17.0 Å². The first-order chi connectivity index (χ1) is 7.95. The van der Waals surface area contributed by atoms with Crippen LogP contribution in [0.5, 0.6) is 0 Å². The molecule has 0 aliphatic heterocycles. The molecule has 0 bridgehead atoms. The van der Waals surface area contributed by atoms with Gasteiger partial charge in [-0.3, -0.25) is 4.79 Å². The molecule has 4 nitrogen and oxygen atoms in total. The third-order valence-corrected chi connectivity index (χ3v) is 2.46. The van der Waals surface area contributed by atoms with E-state index in [9.17, 15) is 14.0 Å². The average molecular weight is 260 g/mol. The molecule has 2 N–H and O–H groups in total. The molecule has 92 valence electrons. The van der Waals surface area contributed by atoms with Crippen molar-refractivity contribution in [3.63, 3.8) is 0 Å². The zero-order valence-electron chi connectivity index (χ0n) is 9.04. The van der Waals surface area contributed by atoms with E-state index in [0.717, 1.165) is 6.07 Å². The molecule has 1 aromatic rings. The number of carbonyl (C=O) groups excluding carboxylic acids is 1. The van der Waals surface area contributed by atoms with Crippen molar-refractivity contribution >= 4 is 23.5 Å². The maximum absolute atomic E-state index is 13.2. The van der Waals surface area contributed by atoms with Crippen LogP contribution in [0.4, 0.5) is 4.39 Å². The van der Waals surface area contributed by atoms with Gasteiger partial charge in [0, 0.05) is 6.42 Å². The number of nitrogens with one attached hydrogen (secondary N) is 1. The number of amides is 1. The van der Waals surface area contributed by atoms with Crippen LogP contribution in [-0.2, 0) is 9.59 Å². The van der Waals surface area contributed by atoms with Gasteiger partial charge < -0.3 is 10.4 Å². The summed E-state index contributed by atoms with van der Waals surface area (Å²) in [7, 11) is 0. The van der Waals surface area contributed by atoms with E-state index in [1.54, 1.807) is 6.92 Å². The van der Waals surface area contributed by atoms with E-state index >= 15 is 0 Å². The molecule has 1 unspecified atom stereocenters. The second-order valence-electron chi connectivity index (χ2n) is 3.37. The van der Waals surface area contributed by atoms with Crippen LogP contribution in [0.2, 0.25) is 5.02 Å². The smallest absolute Gasteiger partial charge is 0.330 e. The Morgan fingerprint density at radius 3 is 2.65 bits per heavy atom. The third-order valence-electron chi connectivity index (χ3n) is 2.15. The summed E-state index contributed by atoms with van der Waals surface area (Å²) in [5.41, 5.74) is 0.140. The van der Waals surface area contributed by atoms with Crippen LogP contribution in [0.25, 0.3) is 0 Å². The zero-order valence-corrected chi connectivity index (χ0v) is 9.79. The minimum absolute atomic E-state index is 0.0975. The fourth-order valence-corrected chi connectivity index (χ4v) is 1.36. The number of carboxylic acid groups (broad SMARTS) is 1. The number of benzene rings is 1. The predicted octanol–water partition coefficient (Wildman–Crippen LogP) is 2.13. The predicted molar refractivity (Wildman–Crippen MR) is 60.2 cm³/mol. The van der Waals surface area contributed by atoms with Crippen LogP contribution in [0.3, 0.4) is 0 Å². The summed E-state index contributed by atoms with van der Waals surface area (Å²) < 4.78 is 13.2. The normalized spacial score (nSPS) is 11.9. The lowest BCUT2D eigenvalue weighted by molar-refractivity contribution is -0.142. The quantitative estimate of drug-likeness (QED) is 0.870.